The third-order valence-corrected chi connectivity index (χ3v) is 6.40. The number of rotatable bonds is 5. The third-order valence-electron chi connectivity index (χ3n) is 4.52. The monoisotopic (exact) mass is 393 g/mol. The second-order valence-corrected chi connectivity index (χ2v) is 8.14. The van der Waals surface area contributed by atoms with Crippen molar-refractivity contribution in [3.8, 4) is 5.75 Å². The van der Waals surface area contributed by atoms with Crippen molar-refractivity contribution in [3.05, 3.63) is 48.5 Å². The number of piperidine rings is 1. The Morgan fingerprint density at radius 1 is 1.30 bits per heavy atom. The molecule has 1 aliphatic heterocycles. The van der Waals surface area contributed by atoms with E-state index in [-0.39, 0.29) is 35.6 Å². The number of benzene rings is 1. The highest BCUT2D eigenvalue weighted by Gasteiger charge is 2.32. The average Bonchev–Trinajstić information content (AvgIpc) is 2.70. The number of sulfonamides is 1. The number of methoxy groups -OCH3 is 1. The van der Waals surface area contributed by atoms with Gasteiger partial charge in [-0.05, 0) is 37.1 Å². The van der Waals surface area contributed by atoms with Gasteiger partial charge in [-0.25, -0.2) is 12.8 Å². The number of anilines is 1. The second kappa shape index (κ2) is 8.01. The topological polar surface area (TPSA) is 88.6 Å². The van der Waals surface area contributed by atoms with Crippen molar-refractivity contribution in [2.75, 3.05) is 25.5 Å². The van der Waals surface area contributed by atoms with Gasteiger partial charge in [-0.2, -0.15) is 4.31 Å². The molecule has 0 aliphatic carbocycles. The van der Waals surface area contributed by atoms with Crippen molar-refractivity contribution in [3.63, 3.8) is 0 Å². The molecule has 0 atom stereocenters. The van der Waals surface area contributed by atoms with Crippen molar-refractivity contribution in [2.24, 2.45) is 5.92 Å². The molecule has 1 aromatic heterocycles. The Hall–Kier alpha value is -2.52. The Bertz CT molecular complexity index is 913. The molecule has 2 aromatic rings. The molecule has 0 saturated carbocycles. The van der Waals surface area contributed by atoms with Gasteiger partial charge in [-0.3, -0.25) is 9.78 Å². The molecular weight excluding hydrogens is 373 g/mol. The van der Waals surface area contributed by atoms with Gasteiger partial charge in [0.15, 0.2) is 0 Å². The fourth-order valence-electron chi connectivity index (χ4n) is 3.01. The maximum Gasteiger partial charge on any atom is 0.244 e. The maximum absolute atomic E-state index is 13.3. The van der Waals surface area contributed by atoms with E-state index in [9.17, 15) is 17.6 Å². The van der Waals surface area contributed by atoms with E-state index in [1.165, 1.54) is 48.1 Å². The number of hydrogen-bond donors (Lipinski definition) is 1. The molecule has 1 fully saturated rings. The van der Waals surface area contributed by atoms with Gasteiger partial charge in [-0.1, -0.05) is 0 Å². The lowest BCUT2D eigenvalue weighted by Gasteiger charge is -2.30. The number of ether oxygens (including phenoxy) is 1. The SMILES string of the molecule is COc1cc(F)ccc1NC(=O)C1CCN(S(=O)(=O)c2cccnc2)CC1. The quantitative estimate of drug-likeness (QED) is 0.842. The Morgan fingerprint density at radius 3 is 2.67 bits per heavy atom. The Balaban J connectivity index is 1.63. The minimum Gasteiger partial charge on any atom is -0.494 e. The molecule has 144 valence electrons. The van der Waals surface area contributed by atoms with Crippen molar-refractivity contribution in [2.45, 2.75) is 17.7 Å². The summed E-state index contributed by atoms with van der Waals surface area (Å²) in [5, 5.41) is 2.74. The number of carbonyl (C=O) groups is 1. The molecule has 1 aromatic carbocycles. The normalized spacial score (nSPS) is 16.1. The van der Waals surface area contributed by atoms with E-state index in [0.29, 0.717) is 18.5 Å². The summed E-state index contributed by atoms with van der Waals surface area (Å²) in [6.45, 7) is 0.492. The first-order valence-electron chi connectivity index (χ1n) is 8.46. The van der Waals surface area contributed by atoms with Gasteiger partial charge in [0.25, 0.3) is 0 Å². The van der Waals surface area contributed by atoms with Crippen LogP contribution in [0.5, 0.6) is 5.75 Å². The van der Waals surface area contributed by atoms with Crippen molar-refractivity contribution >= 4 is 21.6 Å². The lowest BCUT2D eigenvalue weighted by atomic mass is 9.97. The highest BCUT2D eigenvalue weighted by Crippen LogP contribution is 2.28. The largest absolute Gasteiger partial charge is 0.494 e. The van der Waals surface area contributed by atoms with Gasteiger partial charge in [0.1, 0.15) is 16.5 Å². The van der Waals surface area contributed by atoms with Crippen LogP contribution < -0.4 is 10.1 Å². The number of nitrogens with one attached hydrogen (secondary N) is 1. The third kappa shape index (κ3) is 4.25. The molecule has 27 heavy (non-hydrogen) atoms. The van der Waals surface area contributed by atoms with Gasteiger partial charge >= 0.3 is 0 Å². The van der Waals surface area contributed by atoms with Crippen LogP contribution in [0.2, 0.25) is 0 Å². The number of nitrogens with zero attached hydrogens (tertiary/aromatic N) is 2. The van der Waals surface area contributed by atoms with Crippen LogP contribution in [0.4, 0.5) is 10.1 Å². The van der Waals surface area contributed by atoms with E-state index in [0.717, 1.165) is 0 Å². The van der Waals surface area contributed by atoms with E-state index < -0.39 is 15.8 Å². The first-order valence-corrected chi connectivity index (χ1v) is 9.90. The number of hydrogen-bond acceptors (Lipinski definition) is 5. The molecule has 0 bridgehead atoms. The molecule has 1 saturated heterocycles. The zero-order valence-corrected chi connectivity index (χ0v) is 15.6. The highest BCUT2D eigenvalue weighted by molar-refractivity contribution is 7.89. The zero-order valence-electron chi connectivity index (χ0n) is 14.8. The number of carbonyl (C=O) groups excluding carboxylic acids is 1. The van der Waals surface area contributed by atoms with E-state index in [1.807, 2.05) is 0 Å². The summed E-state index contributed by atoms with van der Waals surface area (Å²) < 4.78 is 44.9. The molecule has 1 aliphatic rings. The lowest BCUT2D eigenvalue weighted by molar-refractivity contribution is -0.120. The molecule has 1 amide bonds. The number of aromatic nitrogens is 1. The summed E-state index contributed by atoms with van der Waals surface area (Å²) in [6.07, 6.45) is 3.62. The van der Waals surface area contributed by atoms with Gasteiger partial charge in [0.05, 0.1) is 12.8 Å². The summed E-state index contributed by atoms with van der Waals surface area (Å²) in [6, 6.07) is 6.94. The Labute approximate surface area is 157 Å². The van der Waals surface area contributed by atoms with Gasteiger partial charge in [-0.15, -0.1) is 0 Å². The first-order chi connectivity index (χ1) is 12.9. The number of halogens is 1. The molecule has 3 rings (SSSR count). The fraction of sp³-hybridized carbons (Fsp3) is 0.333. The van der Waals surface area contributed by atoms with Gasteiger partial charge in [0, 0.05) is 37.5 Å². The minimum absolute atomic E-state index is 0.143. The summed E-state index contributed by atoms with van der Waals surface area (Å²) in [5.74, 6) is -0.794. The van der Waals surface area contributed by atoms with Crippen molar-refractivity contribution in [1.29, 1.82) is 0 Å². The minimum atomic E-state index is -3.61. The van der Waals surface area contributed by atoms with Crippen LogP contribution in [-0.2, 0) is 14.8 Å². The summed E-state index contributed by atoms with van der Waals surface area (Å²) >= 11 is 0. The van der Waals surface area contributed by atoms with E-state index in [1.54, 1.807) is 6.07 Å². The summed E-state index contributed by atoms with van der Waals surface area (Å²) in [4.78, 5) is 16.5. The highest BCUT2D eigenvalue weighted by atomic mass is 32.2. The van der Waals surface area contributed by atoms with Crippen LogP contribution >= 0.6 is 0 Å². The smallest absolute Gasteiger partial charge is 0.244 e. The van der Waals surface area contributed by atoms with Crippen LogP contribution in [0.3, 0.4) is 0 Å². The predicted octanol–water partition coefficient (Wildman–Crippen LogP) is 2.27. The van der Waals surface area contributed by atoms with Gasteiger partial charge < -0.3 is 10.1 Å². The molecule has 9 heteroatoms. The zero-order chi connectivity index (χ0) is 19.4. The molecule has 0 spiro atoms. The fourth-order valence-corrected chi connectivity index (χ4v) is 4.44. The number of amides is 1. The molecule has 0 unspecified atom stereocenters. The lowest BCUT2D eigenvalue weighted by Crippen LogP contribution is -2.41. The molecular formula is C18H20FN3O4S. The van der Waals surface area contributed by atoms with Crippen LogP contribution in [0.15, 0.2) is 47.6 Å². The molecule has 7 nitrogen and oxygen atoms in total. The Kier molecular flexibility index (Phi) is 5.71. The van der Waals surface area contributed by atoms with E-state index in [2.05, 4.69) is 10.3 Å². The van der Waals surface area contributed by atoms with Crippen LogP contribution in [-0.4, -0.2) is 43.8 Å². The molecule has 1 N–H and O–H groups in total. The van der Waals surface area contributed by atoms with E-state index >= 15 is 0 Å². The molecule has 0 radical (unpaired) electrons. The summed E-state index contributed by atoms with van der Waals surface area (Å²) in [5.41, 5.74) is 0.384. The first kappa shape index (κ1) is 19.2. The van der Waals surface area contributed by atoms with Crippen LogP contribution in [0.1, 0.15) is 12.8 Å². The van der Waals surface area contributed by atoms with Crippen molar-refractivity contribution in [1.82, 2.24) is 9.29 Å². The Morgan fingerprint density at radius 2 is 2.04 bits per heavy atom. The summed E-state index contributed by atoms with van der Waals surface area (Å²) in [7, 11) is -2.21. The maximum atomic E-state index is 13.3. The molecule has 2 heterocycles. The number of pyridine rings is 1. The van der Waals surface area contributed by atoms with Gasteiger partial charge in [0.2, 0.25) is 15.9 Å². The second-order valence-electron chi connectivity index (χ2n) is 6.20. The standard InChI is InChI=1S/C18H20FN3O4S/c1-26-17-11-14(19)4-5-16(17)21-18(23)13-6-9-22(10-7-13)27(24,25)15-3-2-8-20-12-15/h2-5,8,11-13H,6-7,9-10H2,1H3,(H,21,23). The van der Waals surface area contributed by atoms with Crippen molar-refractivity contribution < 1.29 is 22.3 Å². The van der Waals surface area contributed by atoms with E-state index in [4.69, 9.17) is 4.74 Å². The van der Waals surface area contributed by atoms with Crippen LogP contribution in [0.25, 0.3) is 0 Å². The predicted molar refractivity (Wildman–Crippen MR) is 97.3 cm³/mol. The van der Waals surface area contributed by atoms with Crippen LogP contribution in [0, 0.1) is 11.7 Å². The average molecular weight is 393 g/mol.